The summed E-state index contributed by atoms with van der Waals surface area (Å²) in [4.78, 5) is 39.4. The number of benzene rings is 1. The van der Waals surface area contributed by atoms with E-state index in [1.165, 1.54) is 22.7 Å². The fourth-order valence-corrected chi connectivity index (χ4v) is 6.06. The van der Waals surface area contributed by atoms with Crippen LogP contribution in [0.15, 0.2) is 23.6 Å². The van der Waals surface area contributed by atoms with E-state index in [0.717, 1.165) is 71.7 Å². The van der Waals surface area contributed by atoms with Crippen molar-refractivity contribution in [3.05, 3.63) is 50.4 Å². The van der Waals surface area contributed by atoms with Crippen LogP contribution >= 0.6 is 22.7 Å². The molecule has 0 bridgehead atoms. The van der Waals surface area contributed by atoms with Gasteiger partial charge in [-0.05, 0) is 51.6 Å². The molecule has 10 heteroatoms. The number of nitrogens with zero attached hydrogens (tertiary/aromatic N) is 4. The van der Waals surface area contributed by atoms with Crippen molar-refractivity contribution in [3.8, 4) is 16.3 Å². The highest BCUT2D eigenvalue weighted by Gasteiger charge is 2.24. The number of aryl methyl sites for hydroxylation is 1. The number of rotatable bonds is 8. The van der Waals surface area contributed by atoms with Gasteiger partial charge in [0.2, 0.25) is 5.91 Å². The monoisotopic (exact) mass is 513 g/mol. The van der Waals surface area contributed by atoms with Crippen molar-refractivity contribution in [1.29, 1.82) is 0 Å². The molecule has 0 aliphatic carbocycles. The van der Waals surface area contributed by atoms with Crippen LogP contribution in [0, 0.1) is 6.92 Å². The first-order chi connectivity index (χ1) is 16.9. The maximum absolute atomic E-state index is 13.2. The second-order valence-corrected chi connectivity index (χ2v) is 10.4. The van der Waals surface area contributed by atoms with Crippen LogP contribution in [0.25, 0.3) is 10.6 Å². The molecule has 2 N–H and O–H groups in total. The van der Waals surface area contributed by atoms with E-state index in [2.05, 4.69) is 16.8 Å². The van der Waals surface area contributed by atoms with Crippen LogP contribution in [0.4, 0.5) is 0 Å². The Morgan fingerprint density at radius 3 is 2.71 bits per heavy atom. The van der Waals surface area contributed by atoms with Crippen LogP contribution in [0.3, 0.4) is 0 Å². The molecule has 2 amide bonds. The second-order valence-electron chi connectivity index (χ2n) is 8.44. The van der Waals surface area contributed by atoms with Crippen LogP contribution in [-0.2, 0) is 6.42 Å². The van der Waals surface area contributed by atoms with E-state index < -0.39 is 5.91 Å². The molecule has 0 spiro atoms. The minimum Gasteiger partial charge on any atom is -0.494 e. The normalized spacial score (nSPS) is 14.7. The predicted molar refractivity (Wildman–Crippen MR) is 140 cm³/mol. The first-order valence-electron chi connectivity index (χ1n) is 11.9. The average molecular weight is 514 g/mol. The Morgan fingerprint density at radius 2 is 1.97 bits per heavy atom. The molecular formula is C25H31N5O3S2. The van der Waals surface area contributed by atoms with Crippen LogP contribution in [0.5, 0.6) is 5.75 Å². The molecule has 1 aliphatic rings. The highest BCUT2D eigenvalue weighted by Crippen LogP contribution is 2.33. The van der Waals surface area contributed by atoms with Crippen LogP contribution in [-0.4, -0.2) is 70.9 Å². The SMILES string of the molecule is CCOc1ccc(C(N)=O)cc1Cc1nc(-c2sc(C(=O)N3CCCN(CC)CC3)nc2C)cs1. The number of amides is 2. The number of ether oxygens (including phenoxy) is 1. The van der Waals surface area contributed by atoms with Gasteiger partial charge < -0.3 is 20.3 Å². The van der Waals surface area contributed by atoms with Gasteiger partial charge in [0.15, 0.2) is 5.01 Å². The fraction of sp³-hybridized carbons (Fsp3) is 0.440. The Morgan fingerprint density at radius 1 is 1.14 bits per heavy atom. The molecule has 1 saturated heterocycles. The van der Waals surface area contributed by atoms with Crippen molar-refractivity contribution in [2.24, 2.45) is 5.73 Å². The second kappa shape index (κ2) is 11.3. The zero-order valence-electron chi connectivity index (χ0n) is 20.4. The zero-order chi connectivity index (χ0) is 24.9. The summed E-state index contributed by atoms with van der Waals surface area (Å²) in [6, 6.07) is 5.22. The van der Waals surface area contributed by atoms with Gasteiger partial charge in [-0.2, -0.15) is 0 Å². The zero-order valence-corrected chi connectivity index (χ0v) is 22.0. The van der Waals surface area contributed by atoms with Crippen LogP contribution in [0.2, 0.25) is 0 Å². The number of thiazole rings is 2. The summed E-state index contributed by atoms with van der Waals surface area (Å²) < 4.78 is 5.74. The Balaban J connectivity index is 1.52. The van der Waals surface area contributed by atoms with E-state index in [1.54, 1.807) is 18.2 Å². The van der Waals surface area contributed by atoms with Gasteiger partial charge in [-0.3, -0.25) is 9.59 Å². The predicted octanol–water partition coefficient (Wildman–Crippen LogP) is 3.83. The number of nitrogens with two attached hydrogens (primary N) is 1. The third kappa shape index (κ3) is 5.88. The standard InChI is InChI=1S/C25H31N5O3S2/c1-4-29-9-6-10-30(12-11-29)25(32)24-27-16(3)22(35-24)19-15-34-21(28-19)14-18-13-17(23(26)31)7-8-20(18)33-5-2/h7-8,13,15H,4-6,9-12,14H2,1-3H3,(H2,26,31). The molecule has 1 aromatic carbocycles. The topological polar surface area (TPSA) is 102 Å². The molecule has 186 valence electrons. The first kappa shape index (κ1) is 25.3. The molecular weight excluding hydrogens is 482 g/mol. The van der Waals surface area contributed by atoms with Crippen molar-refractivity contribution in [2.45, 2.75) is 33.6 Å². The number of likely N-dealkylation sites (N-methyl/N-ethyl adjacent to an activating group) is 1. The summed E-state index contributed by atoms with van der Waals surface area (Å²) in [6.07, 6.45) is 1.50. The van der Waals surface area contributed by atoms with Crippen molar-refractivity contribution in [3.63, 3.8) is 0 Å². The average Bonchev–Trinajstić information content (AvgIpc) is 3.38. The van der Waals surface area contributed by atoms with E-state index in [1.807, 2.05) is 24.1 Å². The highest BCUT2D eigenvalue weighted by atomic mass is 32.1. The van der Waals surface area contributed by atoms with E-state index in [4.69, 9.17) is 15.5 Å². The summed E-state index contributed by atoms with van der Waals surface area (Å²) in [6.45, 7) is 10.9. The molecule has 1 fully saturated rings. The largest absolute Gasteiger partial charge is 0.494 e. The minimum absolute atomic E-state index is 0.00220. The van der Waals surface area contributed by atoms with Gasteiger partial charge >= 0.3 is 0 Å². The first-order valence-corrected chi connectivity index (χ1v) is 13.6. The van der Waals surface area contributed by atoms with Gasteiger partial charge in [-0.25, -0.2) is 9.97 Å². The van der Waals surface area contributed by atoms with Gasteiger partial charge in [-0.15, -0.1) is 22.7 Å². The number of carbonyl (C=O) groups is 2. The molecule has 1 aliphatic heterocycles. The van der Waals surface area contributed by atoms with Gasteiger partial charge in [0.1, 0.15) is 5.75 Å². The lowest BCUT2D eigenvalue weighted by Crippen LogP contribution is -2.35. The Labute approximate surface area is 213 Å². The van der Waals surface area contributed by atoms with Gasteiger partial charge in [0, 0.05) is 42.6 Å². The smallest absolute Gasteiger partial charge is 0.282 e. The Hall–Kier alpha value is -2.82. The van der Waals surface area contributed by atoms with Gasteiger partial charge in [0.25, 0.3) is 5.91 Å². The lowest BCUT2D eigenvalue weighted by atomic mass is 10.1. The van der Waals surface area contributed by atoms with Gasteiger partial charge in [-0.1, -0.05) is 6.92 Å². The van der Waals surface area contributed by atoms with Crippen LogP contribution < -0.4 is 10.5 Å². The van der Waals surface area contributed by atoms with E-state index in [0.29, 0.717) is 23.6 Å². The van der Waals surface area contributed by atoms with Crippen molar-refractivity contribution in [1.82, 2.24) is 19.8 Å². The molecule has 35 heavy (non-hydrogen) atoms. The quantitative estimate of drug-likeness (QED) is 0.491. The number of aromatic nitrogens is 2. The summed E-state index contributed by atoms with van der Waals surface area (Å²) >= 11 is 2.94. The fourth-order valence-electron chi connectivity index (χ4n) is 4.18. The maximum Gasteiger partial charge on any atom is 0.282 e. The molecule has 2 aromatic heterocycles. The molecule has 0 unspecified atom stereocenters. The lowest BCUT2D eigenvalue weighted by molar-refractivity contribution is 0.0761. The molecule has 4 rings (SSSR count). The van der Waals surface area contributed by atoms with E-state index >= 15 is 0 Å². The minimum atomic E-state index is -0.474. The third-order valence-electron chi connectivity index (χ3n) is 6.07. The van der Waals surface area contributed by atoms with Crippen molar-refractivity contribution >= 4 is 34.5 Å². The third-order valence-corrected chi connectivity index (χ3v) is 8.09. The number of primary amides is 1. The number of carbonyl (C=O) groups excluding carboxylic acids is 2. The molecule has 3 heterocycles. The van der Waals surface area contributed by atoms with Crippen LogP contribution in [0.1, 0.15) is 56.7 Å². The number of hydrogen-bond donors (Lipinski definition) is 1. The molecule has 8 nitrogen and oxygen atoms in total. The molecule has 3 aromatic rings. The summed E-state index contributed by atoms with van der Waals surface area (Å²) in [5, 5.41) is 3.40. The highest BCUT2D eigenvalue weighted by molar-refractivity contribution is 7.17. The Bertz CT molecular complexity index is 1210. The number of hydrogen-bond acceptors (Lipinski definition) is 8. The molecule has 0 atom stereocenters. The van der Waals surface area contributed by atoms with E-state index in [9.17, 15) is 9.59 Å². The lowest BCUT2D eigenvalue weighted by Gasteiger charge is -2.20. The summed E-state index contributed by atoms with van der Waals surface area (Å²) in [5.41, 5.74) is 8.40. The Kier molecular flexibility index (Phi) is 8.15. The van der Waals surface area contributed by atoms with Crippen molar-refractivity contribution in [2.75, 3.05) is 39.3 Å². The summed E-state index contributed by atoms with van der Waals surface area (Å²) in [7, 11) is 0. The maximum atomic E-state index is 13.2. The molecule has 0 radical (unpaired) electrons. The van der Waals surface area contributed by atoms with E-state index in [-0.39, 0.29) is 5.91 Å². The molecule has 0 saturated carbocycles. The van der Waals surface area contributed by atoms with Crippen molar-refractivity contribution < 1.29 is 14.3 Å². The van der Waals surface area contributed by atoms with Gasteiger partial charge in [0.05, 0.1) is 27.9 Å². The summed E-state index contributed by atoms with van der Waals surface area (Å²) in [5.74, 6) is 0.246.